The van der Waals surface area contributed by atoms with E-state index in [2.05, 4.69) is 31.9 Å². The Labute approximate surface area is 149 Å². The summed E-state index contributed by atoms with van der Waals surface area (Å²) in [7, 11) is 0. The molecule has 0 atom stereocenters. The third-order valence-corrected chi connectivity index (χ3v) is 5.89. The van der Waals surface area contributed by atoms with Gasteiger partial charge in [-0.2, -0.15) is 0 Å². The van der Waals surface area contributed by atoms with Gasteiger partial charge in [-0.1, -0.05) is 50.1 Å². The van der Waals surface area contributed by atoms with Crippen LogP contribution >= 0.6 is 31.9 Å². The zero-order valence-corrected chi connectivity index (χ0v) is 15.2. The second kappa shape index (κ2) is 4.96. The summed E-state index contributed by atoms with van der Waals surface area (Å²) in [5.41, 5.74) is 3.67. The van der Waals surface area contributed by atoms with Gasteiger partial charge in [0.2, 0.25) is 0 Å². The maximum absolute atomic E-state index is 13.8. The van der Waals surface area contributed by atoms with E-state index in [0.29, 0.717) is 5.56 Å². The fraction of sp³-hybridized carbons (Fsp3) is 0.278. The number of halogens is 4. The Hall–Kier alpha value is -1.07. The summed E-state index contributed by atoms with van der Waals surface area (Å²) < 4.78 is 28.4. The van der Waals surface area contributed by atoms with Crippen molar-refractivity contribution in [3.8, 4) is 11.1 Å². The number of hydrogen-bond donors (Lipinski definition) is 0. The largest absolute Gasteiger partial charge is 0.293 e. The number of carbonyl (C=O) groups excluding carboxylic acids is 1. The molecule has 1 saturated carbocycles. The van der Waals surface area contributed by atoms with Crippen molar-refractivity contribution in [3.63, 3.8) is 0 Å². The Morgan fingerprint density at radius 2 is 1.65 bits per heavy atom. The number of ketones is 1. The van der Waals surface area contributed by atoms with E-state index in [0.717, 1.165) is 26.7 Å². The Bertz CT molecular complexity index is 837. The lowest BCUT2D eigenvalue weighted by Gasteiger charge is -2.46. The summed E-state index contributed by atoms with van der Waals surface area (Å²) in [5.74, 6) is -2.68. The van der Waals surface area contributed by atoms with Crippen LogP contribution in [0.1, 0.15) is 34.3 Å². The molecule has 1 spiro atoms. The molecular formula is C18H12Br2F2O. The highest BCUT2D eigenvalue weighted by molar-refractivity contribution is 9.10. The fourth-order valence-electron chi connectivity index (χ4n) is 3.93. The summed E-state index contributed by atoms with van der Waals surface area (Å²) in [5, 5.41) is 0.230. The average molecular weight is 442 g/mol. The molecule has 5 heteroatoms. The van der Waals surface area contributed by atoms with Gasteiger partial charge in [-0.05, 0) is 40.5 Å². The first-order valence-corrected chi connectivity index (χ1v) is 9.20. The first kappa shape index (κ1) is 15.5. The molecule has 118 valence electrons. The van der Waals surface area contributed by atoms with Gasteiger partial charge in [0.25, 0.3) is 5.92 Å². The molecular weight excluding hydrogens is 430 g/mol. The van der Waals surface area contributed by atoms with E-state index in [4.69, 9.17) is 0 Å². The van der Waals surface area contributed by atoms with Crippen LogP contribution in [-0.2, 0) is 5.41 Å². The zero-order valence-electron chi connectivity index (χ0n) is 12.0. The number of carbonyl (C=O) groups is 1. The molecule has 0 bridgehead atoms. The maximum atomic E-state index is 13.8. The fourth-order valence-corrected chi connectivity index (χ4v) is 4.61. The van der Waals surface area contributed by atoms with E-state index in [1.165, 1.54) is 0 Å². The van der Waals surface area contributed by atoms with Crippen molar-refractivity contribution in [1.82, 2.24) is 0 Å². The monoisotopic (exact) mass is 440 g/mol. The minimum Gasteiger partial charge on any atom is -0.293 e. The van der Waals surface area contributed by atoms with Crippen LogP contribution in [-0.4, -0.2) is 17.0 Å². The van der Waals surface area contributed by atoms with Gasteiger partial charge in [-0.25, -0.2) is 8.78 Å². The topological polar surface area (TPSA) is 17.1 Å². The number of benzene rings is 2. The number of hydrogen-bond acceptors (Lipinski definition) is 1. The van der Waals surface area contributed by atoms with Crippen molar-refractivity contribution in [2.75, 3.05) is 5.33 Å². The number of fused-ring (bicyclic) bond motifs is 5. The van der Waals surface area contributed by atoms with Crippen LogP contribution < -0.4 is 0 Å². The summed E-state index contributed by atoms with van der Waals surface area (Å²) in [4.78, 5) is 12.0. The first-order valence-electron chi connectivity index (χ1n) is 7.28. The third-order valence-electron chi connectivity index (χ3n) is 4.89. The summed E-state index contributed by atoms with van der Waals surface area (Å²) in [6.45, 7) is 0. The molecule has 1 fully saturated rings. The van der Waals surface area contributed by atoms with Gasteiger partial charge in [0.15, 0.2) is 5.78 Å². The molecule has 0 aromatic heterocycles. The van der Waals surface area contributed by atoms with Crippen molar-refractivity contribution in [2.24, 2.45) is 0 Å². The molecule has 0 N–H and O–H groups in total. The lowest BCUT2D eigenvalue weighted by molar-refractivity contribution is -0.112. The van der Waals surface area contributed by atoms with Crippen molar-refractivity contribution < 1.29 is 13.6 Å². The van der Waals surface area contributed by atoms with Crippen LogP contribution in [0, 0.1) is 0 Å². The maximum Gasteiger partial charge on any atom is 0.250 e. The van der Waals surface area contributed by atoms with E-state index in [1.54, 1.807) is 6.07 Å². The van der Waals surface area contributed by atoms with Gasteiger partial charge >= 0.3 is 0 Å². The average Bonchev–Trinajstić information content (AvgIpc) is 2.75. The summed E-state index contributed by atoms with van der Waals surface area (Å²) in [6.07, 6.45) is -0.384. The number of rotatable bonds is 2. The molecule has 0 unspecified atom stereocenters. The Morgan fingerprint density at radius 3 is 2.26 bits per heavy atom. The highest BCUT2D eigenvalue weighted by Crippen LogP contribution is 2.64. The second-order valence-electron chi connectivity index (χ2n) is 6.30. The lowest BCUT2D eigenvalue weighted by Crippen LogP contribution is -2.49. The van der Waals surface area contributed by atoms with E-state index >= 15 is 0 Å². The van der Waals surface area contributed by atoms with Gasteiger partial charge in [0.05, 0.1) is 5.33 Å². The van der Waals surface area contributed by atoms with Gasteiger partial charge in [-0.15, -0.1) is 0 Å². The molecule has 0 amide bonds. The highest BCUT2D eigenvalue weighted by atomic mass is 79.9. The Kier molecular flexibility index (Phi) is 3.34. The van der Waals surface area contributed by atoms with Crippen LogP contribution in [0.5, 0.6) is 0 Å². The second-order valence-corrected chi connectivity index (χ2v) is 7.78. The molecule has 4 rings (SSSR count). The van der Waals surface area contributed by atoms with Gasteiger partial charge < -0.3 is 0 Å². The molecule has 2 aromatic rings. The predicted molar refractivity (Wildman–Crippen MR) is 92.7 cm³/mol. The first-order chi connectivity index (χ1) is 10.9. The standard InChI is InChI=1S/C18H12Br2F2O/c19-7-16(23)10-1-3-12-13-4-2-11(20)6-15(13)17(14(12)5-10)8-18(21,22)9-17/h1-6H,7-9H2. The molecule has 0 heterocycles. The SMILES string of the molecule is O=C(CBr)c1ccc2c(c1)C1(CC(F)(F)C1)c1cc(Br)ccc1-2. The van der Waals surface area contributed by atoms with E-state index in [9.17, 15) is 13.6 Å². The molecule has 2 aliphatic rings. The Balaban J connectivity index is 1.94. The number of Topliss-reactive ketones (excluding diaryl/α,β-unsaturated/α-hetero) is 1. The van der Waals surface area contributed by atoms with Crippen LogP contribution in [0.3, 0.4) is 0 Å². The van der Waals surface area contributed by atoms with Crippen molar-refractivity contribution >= 4 is 37.6 Å². The van der Waals surface area contributed by atoms with Gasteiger partial charge in [-0.3, -0.25) is 4.79 Å². The van der Waals surface area contributed by atoms with Crippen LogP contribution in [0.2, 0.25) is 0 Å². The molecule has 23 heavy (non-hydrogen) atoms. The molecule has 0 saturated heterocycles. The smallest absolute Gasteiger partial charge is 0.250 e. The molecule has 2 aliphatic carbocycles. The van der Waals surface area contributed by atoms with Crippen LogP contribution in [0.15, 0.2) is 40.9 Å². The third kappa shape index (κ3) is 2.16. The minimum absolute atomic E-state index is 0.0360. The highest BCUT2D eigenvalue weighted by Gasteiger charge is 2.61. The quantitative estimate of drug-likeness (QED) is 0.430. The van der Waals surface area contributed by atoms with Crippen molar-refractivity contribution in [1.29, 1.82) is 0 Å². The van der Waals surface area contributed by atoms with Crippen molar-refractivity contribution in [2.45, 2.75) is 24.2 Å². The lowest BCUT2D eigenvalue weighted by atomic mass is 9.60. The minimum atomic E-state index is -2.64. The molecule has 0 aliphatic heterocycles. The van der Waals surface area contributed by atoms with Crippen LogP contribution in [0.25, 0.3) is 11.1 Å². The molecule has 1 nitrogen and oxygen atoms in total. The predicted octanol–water partition coefficient (Wildman–Crippen LogP) is 5.72. The van der Waals surface area contributed by atoms with Gasteiger partial charge in [0, 0.05) is 28.3 Å². The van der Waals surface area contributed by atoms with Crippen LogP contribution in [0.4, 0.5) is 8.78 Å². The summed E-state index contributed by atoms with van der Waals surface area (Å²) >= 11 is 6.62. The summed E-state index contributed by atoms with van der Waals surface area (Å²) in [6, 6.07) is 11.3. The van der Waals surface area contributed by atoms with Crippen molar-refractivity contribution in [3.05, 3.63) is 57.6 Å². The van der Waals surface area contributed by atoms with Gasteiger partial charge in [0.1, 0.15) is 0 Å². The normalized spacial score (nSPS) is 19.1. The number of alkyl halides is 3. The van der Waals surface area contributed by atoms with E-state index in [-0.39, 0.29) is 24.0 Å². The Morgan fingerprint density at radius 1 is 1.04 bits per heavy atom. The molecule has 0 radical (unpaired) electrons. The zero-order chi connectivity index (χ0) is 16.4. The van der Waals surface area contributed by atoms with E-state index < -0.39 is 11.3 Å². The molecule has 2 aromatic carbocycles. The van der Waals surface area contributed by atoms with E-state index in [1.807, 2.05) is 30.3 Å².